The maximum Gasteiger partial charge on any atom is 0.258 e. The second-order valence-electron chi connectivity index (χ2n) is 4.42. The van der Waals surface area contributed by atoms with Gasteiger partial charge in [0.2, 0.25) is 0 Å². The van der Waals surface area contributed by atoms with Gasteiger partial charge in [-0.05, 0) is 6.07 Å². The van der Waals surface area contributed by atoms with Gasteiger partial charge in [-0.3, -0.25) is 4.90 Å². The van der Waals surface area contributed by atoms with Crippen molar-refractivity contribution in [3.63, 3.8) is 0 Å². The van der Waals surface area contributed by atoms with E-state index >= 15 is 0 Å². The first-order valence-electron chi connectivity index (χ1n) is 6.10. The maximum absolute atomic E-state index is 13.3. The van der Waals surface area contributed by atoms with Gasteiger partial charge in [-0.25, -0.2) is 8.78 Å². The van der Waals surface area contributed by atoms with Crippen molar-refractivity contribution >= 4 is 24.8 Å². The normalized spacial score (nSPS) is 16.5. The van der Waals surface area contributed by atoms with Gasteiger partial charge in [0.1, 0.15) is 17.9 Å². The third kappa shape index (κ3) is 4.42. The fourth-order valence-corrected chi connectivity index (χ4v) is 2.34. The Morgan fingerprint density at radius 3 is 2.38 bits per heavy atom. The minimum Gasteiger partial charge on any atom is -0.506 e. The Balaban J connectivity index is 0.00000200. The Morgan fingerprint density at radius 2 is 1.86 bits per heavy atom. The zero-order chi connectivity index (χ0) is 13.8. The molecular formula is C13H17Cl2F2N3O. The predicted molar refractivity (Wildman–Crippen MR) is 80.5 cm³/mol. The second-order valence-corrected chi connectivity index (χ2v) is 4.42. The highest BCUT2D eigenvalue weighted by atomic mass is 35.5. The maximum atomic E-state index is 13.3. The van der Waals surface area contributed by atoms with E-state index in [9.17, 15) is 13.9 Å². The number of alkyl halides is 2. The second kappa shape index (κ2) is 9.00. The largest absolute Gasteiger partial charge is 0.506 e. The van der Waals surface area contributed by atoms with Crippen LogP contribution in [0.25, 0.3) is 0 Å². The molecule has 0 unspecified atom stereocenters. The fourth-order valence-electron chi connectivity index (χ4n) is 2.34. The molecule has 1 fully saturated rings. The summed E-state index contributed by atoms with van der Waals surface area (Å²) in [5, 5.41) is 21.9. The summed E-state index contributed by atoms with van der Waals surface area (Å²) in [5.41, 5.74) is 0.147. The number of benzene rings is 1. The van der Waals surface area contributed by atoms with Crippen LogP contribution in [0, 0.1) is 11.3 Å². The van der Waals surface area contributed by atoms with Crippen LogP contribution in [-0.4, -0.2) is 42.6 Å². The zero-order valence-electron chi connectivity index (χ0n) is 11.1. The van der Waals surface area contributed by atoms with E-state index in [0.717, 1.165) is 0 Å². The Labute approximate surface area is 134 Å². The van der Waals surface area contributed by atoms with Crippen molar-refractivity contribution in [3.8, 4) is 11.8 Å². The molecule has 0 amide bonds. The zero-order valence-corrected chi connectivity index (χ0v) is 12.8. The molecule has 2 rings (SSSR count). The first kappa shape index (κ1) is 19.9. The summed E-state index contributed by atoms with van der Waals surface area (Å²) in [4.78, 5) is 1.64. The molecule has 0 saturated carbocycles. The van der Waals surface area contributed by atoms with Gasteiger partial charge in [0.25, 0.3) is 6.43 Å². The van der Waals surface area contributed by atoms with Gasteiger partial charge in [-0.2, -0.15) is 5.26 Å². The summed E-state index contributed by atoms with van der Waals surface area (Å²) in [5.74, 6) is -0.339. The van der Waals surface area contributed by atoms with E-state index in [0.29, 0.717) is 26.2 Å². The summed E-state index contributed by atoms with van der Waals surface area (Å²) in [6, 6.07) is 5.02. The van der Waals surface area contributed by atoms with Crippen molar-refractivity contribution in [1.29, 1.82) is 5.26 Å². The first-order chi connectivity index (χ1) is 9.15. The highest BCUT2D eigenvalue weighted by molar-refractivity contribution is 5.85. The van der Waals surface area contributed by atoms with Crippen molar-refractivity contribution in [3.05, 3.63) is 29.3 Å². The molecule has 8 heteroatoms. The lowest BCUT2D eigenvalue weighted by molar-refractivity contribution is 0.0170. The molecule has 4 nitrogen and oxygen atoms in total. The number of aromatic hydroxyl groups is 1. The molecule has 0 bridgehead atoms. The third-order valence-corrected chi connectivity index (χ3v) is 3.29. The van der Waals surface area contributed by atoms with E-state index in [1.165, 1.54) is 18.2 Å². The molecule has 21 heavy (non-hydrogen) atoms. The molecule has 2 N–H and O–H groups in total. The number of nitrogens with zero attached hydrogens (tertiary/aromatic N) is 2. The molecule has 1 aromatic carbocycles. The van der Waals surface area contributed by atoms with E-state index in [1.54, 1.807) is 11.0 Å². The summed E-state index contributed by atoms with van der Waals surface area (Å²) < 4.78 is 26.7. The number of nitrogens with one attached hydrogen (secondary N) is 1. The Bertz CT molecular complexity index is 491. The summed E-state index contributed by atoms with van der Waals surface area (Å²) in [6.07, 6.45) is -2.61. The molecule has 0 spiro atoms. The fraction of sp³-hybridized carbons (Fsp3) is 0.462. The lowest BCUT2D eigenvalue weighted by Crippen LogP contribution is -2.46. The van der Waals surface area contributed by atoms with Crippen LogP contribution < -0.4 is 5.32 Å². The minimum atomic E-state index is -2.61. The Kier molecular flexibility index (Phi) is 8.52. The topological polar surface area (TPSA) is 59.3 Å². The standard InChI is InChI=1S/C13H15F2N3O.2ClH/c14-13(15)11(18-6-4-17-5-7-18)10-3-1-2-9(8-16)12(10)19;;/h1-3,11,13,17,19H,4-7H2;2*1H/t11-;;/m0../s1. The summed E-state index contributed by atoms with van der Waals surface area (Å²) in [6.45, 7) is 2.26. The Morgan fingerprint density at radius 1 is 1.24 bits per heavy atom. The molecule has 0 aromatic heterocycles. The van der Waals surface area contributed by atoms with Gasteiger partial charge < -0.3 is 10.4 Å². The molecule has 1 atom stereocenters. The molecule has 0 aliphatic carbocycles. The highest BCUT2D eigenvalue weighted by Gasteiger charge is 2.32. The highest BCUT2D eigenvalue weighted by Crippen LogP contribution is 2.35. The van der Waals surface area contributed by atoms with E-state index in [1.807, 2.05) is 0 Å². The van der Waals surface area contributed by atoms with Crippen LogP contribution in [0.4, 0.5) is 8.78 Å². The van der Waals surface area contributed by atoms with Crippen LogP contribution in [0.3, 0.4) is 0 Å². The quantitative estimate of drug-likeness (QED) is 0.887. The van der Waals surface area contributed by atoms with Crippen molar-refractivity contribution in [2.45, 2.75) is 12.5 Å². The molecule has 0 radical (unpaired) electrons. The lowest BCUT2D eigenvalue weighted by Gasteiger charge is -2.34. The van der Waals surface area contributed by atoms with Gasteiger partial charge in [0.15, 0.2) is 0 Å². The molecule has 1 aliphatic rings. The number of para-hydroxylation sites is 1. The van der Waals surface area contributed by atoms with Crippen LogP contribution in [0.2, 0.25) is 0 Å². The number of halogens is 4. The van der Waals surface area contributed by atoms with Gasteiger partial charge in [0.05, 0.1) is 5.56 Å². The number of phenolic OH excluding ortho intramolecular Hbond substituents is 1. The molecule has 1 aromatic rings. The van der Waals surface area contributed by atoms with E-state index in [-0.39, 0.29) is 41.7 Å². The van der Waals surface area contributed by atoms with Crippen molar-refractivity contribution in [1.82, 2.24) is 10.2 Å². The lowest BCUT2D eigenvalue weighted by atomic mass is 10.0. The van der Waals surface area contributed by atoms with Gasteiger partial charge in [-0.1, -0.05) is 12.1 Å². The molecule has 118 valence electrons. The summed E-state index contributed by atoms with van der Waals surface area (Å²) >= 11 is 0. The van der Waals surface area contributed by atoms with Crippen LogP contribution >= 0.6 is 24.8 Å². The predicted octanol–water partition coefficient (Wildman–Crippen LogP) is 2.32. The van der Waals surface area contributed by atoms with Crippen LogP contribution in [0.1, 0.15) is 17.2 Å². The molecular weight excluding hydrogens is 323 g/mol. The smallest absolute Gasteiger partial charge is 0.258 e. The number of hydrogen-bond donors (Lipinski definition) is 2. The van der Waals surface area contributed by atoms with Gasteiger partial charge in [0, 0.05) is 31.7 Å². The van der Waals surface area contributed by atoms with Crippen LogP contribution in [-0.2, 0) is 0 Å². The number of phenols is 1. The van der Waals surface area contributed by atoms with Crippen LogP contribution in [0.5, 0.6) is 5.75 Å². The van der Waals surface area contributed by atoms with E-state index in [4.69, 9.17) is 5.26 Å². The third-order valence-electron chi connectivity index (χ3n) is 3.29. The number of piperazine rings is 1. The average Bonchev–Trinajstić information content (AvgIpc) is 2.42. The van der Waals surface area contributed by atoms with Crippen molar-refractivity contribution < 1.29 is 13.9 Å². The molecule has 1 saturated heterocycles. The van der Waals surface area contributed by atoms with E-state index < -0.39 is 12.5 Å². The monoisotopic (exact) mass is 339 g/mol. The molecule has 1 heterocycles. The van der Waals surface area contributed by atoms with Gasteiger partial charge >= 0.3 is 0 Å². The van der Waals surface area contributed by atoms with Crippen molar-refractivity contribution in [2.75, 3.05) is 26.2 Å². The number of hydrogen-bond acceptors (Lipinski definition) is 4. The van der Waals surface area contributed by atoms with Gasteiger partial charge in [-0.15, -0.1) is 24.8 Å². The number of rotatable bonds is 3. The number of nitriles is 1. The summed E-state index contributed by atoms with van der Waals surface area (Å²) in [7, 11) is 0. The average molecular weight is 340 g/mol. The Hall–Kier alpha value is -1.13. The SMILES string of the molecule is Cl.Cl.N#Cc1cccc([C@@H](C(F)F)N2CCNCC2)c1O. The first-order valence-corrected chi connectivity index (χ1v) is 6.10. The minimum absolute atomic E-state index is 0. The molecule has 1 aliphatic heterocycles. The van der Waals surface area contributed by atoms with E-state index in [2.05, 4.69) is 5.32 Å². The van der Waals surface area contributed by atoms with Crippen molar-refractivity contribution in [2.24, 2.45) is 0 Å². The van der Waals surface area contributed by atoms with Crippen LogP contribution in [0.15, 0.2) is 18.2 Å².